The second kappa shape index (κ2) is 8.46. The molecular formula is C27H21N3Si. The fourth-order valence-electron chi connectivity index (χ4n) is 4.19. The molecule has 0 aliphatic heterocycles. The quantitative estimate of drug-likeness (QED) is 0.327. The van der Waals surface area contributed by atoms with Crippen LogP contribution in [0.3, 0.4) is 0 Å². The molecule has 0 aliphatic rings. The Balaban J connectivity index is 1.85. The maximum Gasteiger partial charge on any atom is 0.203 e. The first-order chi connectivity index (χ1) is 15.4. The van der Waals surface area contributed by atoms with Crippen LogP contribution in [0.15, 0.2) is 128 Å². The Bertz CT molecular complexity index is 1160. The summed E-state index contributed by atoms with van der Waals surface area (Å²) in [5, 5.41) is 4.83. The zero-order chi connectivity index (χ0) is 20.9. The van der Waals surface area contributed by atoms with E-state index in [2.05, 4.69) is 101 Å². The lowest BCUT2D eigenvalue weighted by molar-refractivity contribution is 1.20. The molecule has 0 fully saturated rings. The highest BCUT2D eigenvalue weighted by molar-refractivity contribution is 7.19. The Morgan fingerprint density at radius 2 is 1.00 bits per heavy atom. The molecule has 4 heteroatoms. The summed E-state index contributed by atoms with van der Waals surface area (Å²) < 4.78 is 0. The maximum absolute atomic E-state index is 5.18. The van der Waals surface area contributed by atoms with Crippen LogP contribution in [0, 0.1) is 0 Å². The highest BCUT2D eigenvalue weighted by Crippen LogP contribution is 2.13. The van der Waals surface area contributed by atoms with E-state index in [-0.39, 0.29) is 0 Å². The minimum atomic E-state index is -2.67. The third-order valence-corrected chi connectivity index (χ3v) is 10.2. The van der Waals surface area contributed by atoms with Gasteiger partial charge < -0.3 is 0 Å². The average molecular weight is 416 g/mol. The monoisotopic (exact) mass is 415 g/mol. The molecule has 3 nitrogen and oxygen atoms in total. The summed E-state index contributed by atoms with van der Waals surface area (Å²) in [5.74, 6) is 0. The summed E-state index contributed by atoms with van der Waals surface area (Å²) >= 11 is 0. The highest BCUT2D eigenvalue weighted by Gasteiger charge is 2.43. The fourth-order valence-corrected chi connectivity index (χ4v) is 8.71. The van der Waals surface area contributed by atoms with Gasteiger partial charge in [0.15, 0.2) is 0 Å². The van der Waals surface area contributed by atoms with E-state index in [0.29, 0.717) is 0 Å². The van der Waals surface area contributed by atoms with Crippen LogP contribution in [-0.2, 0) is 0 Å². The van der Waals surface area contributed by atoms with Crippen molar-refractivity contribution in [1.82, 2.24) is 15.0 Å². The predicted octanol–water partition coefficient (Wildman–Crippen LogP) is 2.92. The third-order valence-electron chi connectivity index (χ3n) is 5.57. The van der Waals surface area contributed by atoms with Crippen LogP contribution in [-0.4, -0.2) is 23.0 Å². The van der Waals surface area contributed by atoms with Crippen LogP contribution >= 0.6 is 0 Å². The van der Waals surface area contributed by atoms with E-state index in [0.717, 1.165) is 16.7 Å². The molecule has 0 aliphatic carbocycles. The van der Waals surface area contributed by atoms with Gasteiger partial charge in [-0.25, -0.2) is 0 Å². The average Bonchev–Trinajstić information content (AvgIpc) is 2.87. The van der Waals surface area contributed by atoms with Crippen molar-refractivity contribution in [2.75, 3.05) is 0 Å². The number of nitrogens with zero attached hydrogens (tertiary/aromatic N) is 3. The van der Waals surface area contributed by atoms with Gasteiger partial charge in [0.05, 0.1) is 17.2 Å². The number of aromatic nitrogens is 3. The molecule has 0 atom stereocenters. The fraction of sp³-hybridized carbons (Fsp3) is 0. The summed E-state index contributed by atoms with van der Waals surface area (Å²) in [6, 6.07) is 38.1. The Kier molecular flexibility index (Phi) is 5.21. The van der Waals surface area contributed by atoms with Crippen LogP contribution in [0.5, 0.6) is 0 Å². The van der Waals surface area contributed by atoms with Crippen molar-refractivity contribution in [3.8, 4) is 11.4 Å². The van der Waals surface area contributed by atoms with Gasteiger partial charge in [0.25, 0.3) is 0 Å². The topological polar surface area (TPSA) is 38.7 Å². The van der Waals surface area contributed by atoms with Gasteiger partial charge in [0.2, 0.25) is 8.07 Å². The van der Waals surface area contributed by atoms with Crippen LogP contribution in [0.2, 0.25) is 0 Å². The smallest absolute Gasteiger partial charge is 0.203 e. The molecule has 0 spiro atoms. The van der Waals surface area contributed by atoms with Gasteiger partial charge in [-0.05, 0) is 27.7 Å². The number of benzene rings is 3. The lowest BCUT2D eigenvalue weighted by Crippen LogP contribution is -2.75. The molecule has 0 saturated heterocycles. The van der Waals surface area contributed by atoms with Gasteiger partial charge >= 0.3 is 0 Å². The molecule has 31 heavy (non-hydrogen) atoms. The second-order valence-corrected chi connectivity index (χ2v) is 11.1. The minimum Gasteiger partial charge on any atom is -0.261 e. The van der Waals surface area contributed by atoms with E-state index >= 15 is 0 Å². The van der Waals surface area contributed by atoms with Crippen LogP contribution in [0.1, 0.15) is 0 Å². The van der Waals surface area contributed by atoms with Crippen molar-refractivity contribution < 1.29 is 0 Å². The number of pyridine rings is 1. The van der Waals surface area contributed by atoms with Gasteiger partial charge in [0.1, 0.15) is 5.69 Å². The largest absolute Gasteiger partial charge is 0.261 e. The number of hydrogen-bond acceptors (Lipinski definition) is 3. The van der Waals surface area contributed by atoms with Gasteiger partial charge in [-0.1, -0.05) is 97.1 Å². The molecule has 0 saturated carbocycles. The van der Waals surface area contributed by atoms with Gasteiger partial charge in [0, 0.05) is 12.4 Å². The Hall–Kier alpha value is -3.89. The minimum absolute atomic E-state index is 0.790. The Morgan fingerprint density at radius 3 is 1.48 bits per heavy atom. The summed E-state index contributed by atoms with van der Waals surface area (Å²) in [7, 11) is -2.67. The molecule has 0 unspecified atom stereocenters. The van der Waals surface area contributed by atoms with E-state index in [1.807, 2.05) is 24.4 Å². The molecule has 2 aromatic heterocycles. The van der Waals surface area contributed by atoms with E-state index in [4.69, 9.17) is 4.98 Å². The molecule has 3 aromatic carbocycles. The molecular weight excluding hydrogens is 394 g/mol. The van der Waals surface area contributed by atoms with Crippen LogP contribution in [0.4, 0.5) is 0 Å². The van der Waals surface area contributed by atoms with Gasteiger partial charge in [-0.2, -0.15) is 0 Å². The Morgan fingerprint density at radius 1 is 0.484 bits per heavy atom. The molecule has 0 amide bonds. The molecule has 2 heterocycles. The standard InChI is InChI=1S/C27H21N3Si/c1-4-12-22(13-5-1)31(23-14-6-2-7-15-23,24-16-8-3-9-17-24)27-21-28-20-26(30-27)25-18-10-11-19-29-25/h1-21H. The Labute approximate surface area is 183 Å². The lowest BCUT2D eigenvalue weighted by atomic mass is 10.3. The van der Waals surface area contributed by atoms with Gasteiger partial charge in [-0.15, -0.1) is 0 Å². The first-order valence-corrected chi connectivity index (χ1v) is 12.3. The summed E-state index contributed by atoms with van der Waals surface area (Å²) in [5.41, 5.74) is 1.62. The van der Waals surface area contributed by atoms with Crippen LogP contribution < -0.4 is 20.9 Å². The molecule has 148 valence electrons. The van der Waals surface area contributed by atoms with Crippen molar-refractivity contribution in [2.24, 2.45) is 0 Å². The second-order valence-electron chi connectivity index (χ2n) is 7.35. The van der Waals surface area contributed by atoms with Crippen molar-refractivity contribution in [3.63, 3.8) is 0 Å². The highest BCUT2D eigenvalue weighted by atomic mass is 28.3. The van der Waals surface area contributed by atoms with Crippen molar-refractivity contribution >= 4 is 29.0 Å². The van der Waals surface area contributed by atoms with E-state index in [1.54, 1.807) is 12.4 Å². The van der Waals surface area contributed by atoms with Gasteiger partial charge in [-0.3, -0.25) is 15.0 Å². The van der Waals surface area contributed by atoms with Crippen molar-refractivity contribution in [3.05, 3.63) is 128 Å². The number of hydrogen-bond donors (Lipinski definition) is 0. The maximum atomic E-state index is 5.18. The summed E-state index contributed by atoms with van der Waals surface area (Å²) in [4.78, 5) is 14.3. The van der Waals surface area contributed by atoms with E-state index in [9.17, 15) is 0 Å². The molecule has 0 radical (unpaired) electrons. The SMILES string of the molecule is c1ccc([Si](c2ccccc2)(c2ccccc2)c2cncc(-c3ccccn3)n2)cc1. The first kappa shape index (κ1) is 19.1. The number of rotatable bonds is 5. The zero-order valence-corrected chi connectivity index (χ0v) is 18.0. The summed E-state index contributed by atoms with van der Waals surface area (Å²) in [6.45, 7) is 0. The van der Waals surface area contributed by atoms with E-state index < -0.39 is 8.07 Å². The zero-order valence-electron chi connectivity index (χ0n) is 17.0. The molecule has 5 aromatic rings. The normalized spacial score (nSPS) is 11.2. The molecule has 0 bridgehead atoms. The predicted molar refractivity (Wildman–Crippen MR) is 129 cm³/mol. The van der Waals surface area contributed by atoms with Crippen molar-refractivity contribution in [2.45, 2.75) is 0 Å². The van der Waals surface area contributed by atoms with E-state index in [1.165, 1.54) is 15.6 Å². The summed E-state index contributed by atoms with van der Waals surface area (Å²) in [6.07, 6.45) is 5.53. The lowest BCUT2D eigenvalue weighted by Gasteiger charge is -2.33. The molecule has 5 rings (SSSR count). The third kappa shape index (κ3) is 3.47. The molecule has 0 N–H and O–H groups in total. The van der Waals surface area contributed by atoms with Crippen molar-refractivity contribution in [1.29, 1.82) is 0 Å². The van der Waals surface area contributed by atoms with Crippen LogP contribution in [0.25, 0.3) is 11.4 Å². The first-order valence-electron chi connectivity index (χ1n) is 10.3.